The highest BCUT2D eigenvalue weighted by Gasteiger charge is 2.26. The summed E-state index contributed by atoms with van der Waals surface area (Å²) < 4.78 is 7.24. The summed E-state index contributed by atoms with van der Waals surface area (Å²) in [5.41, 5.74) is 2.34. The Balaban J connectivity index is 1.49. The number of thioether (sulfide) groups is 1. The maximum absolute atomic E-state index is 13.2. The number of ether oxygens (including phenoxy) is 1. The Bertz CT molecular complexity index is 1140. The Kier molecular flexibility index (Phi) is 7.23. The van der Waals surface area contributed by atoms with Crippen LogP contribution in [0.15, 0.2) is 53.7 Å². The SMILES string of the molecule is COc1ccccc1NC(=O)CSc1nc2ccccc2n1CC(=O)N1C[C@H](C)C[C@@H](C)C1. The van der Waals surface area contributed by atoms with Gasteiger partial charge in [-0.05, 0) is 42.5 Å². The summed E-state index contributed by atoms with van der Waals surface area (Å²) in [6.45, 7) is 6.20. The number of methoxy groups -OCH3 is 1. The molecule has 1 aliphatic heterocycles. The molecule has 2 aromatic carbocycles. The number of aromatic nitrogens is 2. The molecule has 3 aromatic rings. The molecule has 33 heavy (non-hydrogen) atoms. The van der Waals surface area contributed by atoms with Gasteiger partial charge in [-0.15, -0.1) is 0 Å². The van der Waals surface area contributed by atoms with E-state index >= 15 is 0 Å². The van der Waals surface area contributed by atoms with Crippen molar-refractivity contribution >= 4 is 40.3 Å². The molecule has 0 saturated carbocycles. The fraction of sp³-hybridized carbons (Fsp3) is 0.400. The van der Waals surface area contributed by atoms with E-state index in [-0.39, 0.29) is 24.1 Å². The number of likely N-dealkylation sites (tertiary alicyclic amines) is 1. The molecule has 0 bridgehead atoms. The highest BCUT2D eigenvalue weighted by atomic mass is 32.2. The van der Waals surface area contributed by atoms with Gasteiger partial charge in [0, 0.05) is 13.1 Å². The molecule has 8 heteroatoms. The van der Waals surface area contributed by atoms with E-state index in [1.807, 2.05) is 45.9 Å². The van der Waals surface area contributed by atoms with Gasteiger partial charge in [-0.3, -0.25) is 9.59 Å². The number of nitrogens with one attached hydrogen (secondary N) is 1. The summed E-state index contributed by atoms with van der Waals surface area (Å²) in [5.74, 6) is 1.73. The maximum Gasteiger partial charge on any atom is 0.242 e. The number of carbonyl (C=O) groups excluding carboxylic acids is 2. The van der Waals surface area contributed by atoms with E-state index in [9.17, 15) is 9.59 Å². The van der Waals surface area contributed by atoms with Crippen molar-refractivity contribution in [3.63, 3.8) is 0 Å². The number of nitrogens with zero attached hydrogens (tertiary/aromatic N) is 3. The van der Waals surface area contributed by atoms with Crippen molar-refractivity contribution in [2.24, 2.45) is 11.8 Å². The second kappa shape index (κ2) is 10.3. The van der Waals surface area contributed by atoms with Gasteiger partial charge in [0.15, 0.2) is 5.16 Å². The molecule has 0 unspecified atom stereocenters. The molecular weight excluding hydrogens is 436 g/mol. The number of piperidine rings is 1. The maximum atomic E-state index is 13.2. The molecular formula is C25H30N4O3S. The van der Waals surface area contributed by atoms with Crippen molar-refractivity contribution in [1.29, 1.82) is 0 Å². The van der Waals surface area contributed by atoms with Crippen LogP contribution in [0.1, 0.15) is 20.3 Å². The third kappa shape index (κ3) is 5.50. The lowest BCUT2D eigenvalue weighted by molar-refractivity contribution is -0.134. The van der Waals surface area contributed by atoms with Crippen LogP contribution in [-0.4, -0.2) is 52.2 Å². The number of hydrogen-bond acceptors (Lipinski definition) is 5. The van der Waals surface area contributed by atoms with E-state index in [0.717, 1.165) is 30.5 Å². The van der Waals surface area contributed by atoms with Gasteiger partial charge < -0.3 is 19.5 Å². The van der Waals surface area contributed by atoms with Crippen LogP contribution in [0.2, 0.25) is 0 Å². The fourth-order valence-electron chi connectivity index (χ4n) is 4.48. The predicted molar refractivity (Wildman–Crippen MR) is 132 cm³/mol. The predicted octanol–water partition coefficient (Wildman–Crippen LogP) is 4.28. The van der Waals surface area contributed by atoms with Gasteiger partial charge in [-0.2, -0.15) is 0 Å². The lowest BCUT2D eigenvalue weighted by Crippen LogP contribution is -2.44. The molecule has 1 fully saturated rings. The quantitative estimate of drug-likeness (QED) is 0.526. The lowest BCUT2D eigenvalue weighted by atomic mass is 9.92. The highest BCUT2D eigenvalue weighted by molar-refractivity contribution is 7.99. The Morgan fingerprint density at radius 2 is 1.79 bits per heavy atom. The van der Waals surface area contributed by atoms with Gasteiger partial charge >= 0.3 is 0 Å². The first kappa shape index (κ1) is 23.2. The van der Waals surface area contributed by atoms with Crippen LogP contribution in [0.25, 0.3) is 11.0 Å². The number of fused-ring (bicyclic) bond motifs is 1. The van der Waals surface area contributed by atoms with Crippen molar-refractivity contribution in [3.05, 3.63) is 48.5 Å². The third-order valence-corrected chi connectivity index (χ3v) is 6.82. The van der Waals surface area contributed by atoms with Gasteiger partial charge in [0.25, 0.3) is 0 Å². The molecule has 7 nitrogen and oxygen atoms in total. The van der Waals surface area contributed by atoms with Crippen LogP contribution in [0.5, 0.6) is 5.75 Å². The molecule has 1 aliphatic rings. The van der Waals surface area contributed by atoms with Crippen LogP contribution in [0.4, 0.5) is 5.69 Å². The standard InChI is InChI=1S/C25H30N4O3S/c1-17-12-18(2)14-28(13-17)24(31)15-29-21-10-6-4-8-19(21)27-25(29)33-16-23(30)26-20-9-5-7-11-22(20)32-3/h4-11,17-18H,12-16H2,1-3H3,(H,26,30)/t17-,18-/m1/s1. The normalized spacial score (nSPS) is 18.3. The molecule has 1 aromatic heterocycles. The number of anilines is 1. The summed E-state index contributed by atoms with van der Waals surface area (Å²) in [4.78, 5) is 32.5. The minimum Gasteiger partial charge on any atom is -0.495 e. The first-order chi connectivity index (χ1) is 15.9. The van der Waals surface area contributed by atoms with Crippen LogP contribution < -0.4 is 10.1 Å². The summed E-state index contributed by atoms with van der Waals surface area (Å²) in [5, 5.41) is 3.55. The number of imidazole rings is 1. The summed E-state index contributed by atoms with van der Waals surface area (Å²) >= 11 is 1.33. The smallest absolute Gasteiger partial charge is 0.242 e. The Hall–Kier alpha value is -3.00. The monoisotopic (exact) mass is 466 g/mol. The number of hydrogen-bond donors (Lipinski definition) is 1. The molecule has 4 rings (SSSR count). The Labute approximate surface area is 198 Å². The van der Waals surface area contributed by atoms with E-state index in [4.69, 9.17) is 9.72 Å². The van der Waals surface area contributed by atoms with Gasteiger partial charge in [0.2, 0.25) is 11.8 Å². The first-order valence-electron chi connectivity index (χ1n) is 11.2. The van der Waals surface area contributed by atoms with Gasteiger partial charge in [-0.25, -0.2) is 4.98 Å². The second-order valence-corrected chi connectivity index (χ2v) is 9.69. The Morgan fingerprint density at radius 3 is 2.55 bits per heavy atom. The van der Waals surface area contributed by atoms with Gasteiger partial charge in [0.1, 0.15) is 12.3 Å². The van der Waals surface area contributed by atoms with Gasteiger partial charge in [-0.1, -0.05) is 49.9 Å². The minimum atomic E-state index is -0.159. The van der Waals surface area contributed by atoms with Crippen molar-refractivity contribution in [2.75, 3.05) is 31.3 Å². The van der Waals surface area contributed by atoms with E-state index in [1.54, 1.807) is 19.2 Å². The molecule has 2 amide bonds. The topological polar surface area (TPSA) is 76.5 Å². The number of para-hydroxylation sites is 4. The Morgan fingerprint density at radius 1 is 1.09 bits per heavy atom. The molecule has 174 valence electrons. The zero-order chi connectivity index (χ0) is 23.4. The fourth-order valence-corrected chi connectivity index (χ4v) is 5.30. The summed E-state index contributed by atoms with van der Waals surface area (Å²) in [6.07, 6.45) is 1.15. The van der Waals surface area contributed by atoms with Crippen LogP contribution >= 0.6 is 11.8 Å². The third-order valence-electron chi connectivity index (χ3n) is 5.85. The van der Waals surface area contributed by atoms with Crippen molar-refractivity contribution in [2.45, 2.75) is 32.0 Å². The highest BCUT2D eigenvalue weighted by Crippen LogP contribution is 2.27. The number of benzene rings is 2. The molecule has 2 heterocycles. The summed E-state index contributed by atoms with van der Waals surface area (Å²) in [7, 11) is 1.57. The molecule has 0 spiro atoms. The van der Waals surface area contributed by atoms with Gasteiger partial charge in [0.05, 0.1) is 29.6 Å². The van der Waals surface area contributed by atoms with E-state index in [2.05, 4.69) is 19.2 Å². The molecule has 1 saturated heterocycles. The summed E-state index contributed by atoms with van der Waals surface area (Å²) in [6, 6.07) is 15.1. The van der Waals surface area contributed by atoms with Crippen molar-refractivity contribution in [3.8, 4) is 5.75 Å². The number of amides is 2. The minimum absolute atomic E-state index is 0.0943. The van der Waals surface area contributed by atoms with Crippen LogP contribution in [0, 0.1) is 11.8 Å². The van der Waals surface area contributed by atoms with Crippen molar-refractivity contribution in [1.82, 2.24) is 14.5 Å². The molecule has 1 N–H and O–H groups in total. The zero-order valence-corrected chi connectivity index (χ0v) is 20.1. The average molecular weight is 467 g/mol. The first-order valence-corrected chi connectivity index (χ1v) is 12.2. The van der Waals surface area contributed by atoms with Crippen molar-refractivity contribution < 1.29 is 14.3 Å². The molecule has 2 atom stereocenters. The number of carbonyl (C=O) groups is 2. The largest absolute Gasteiger partial charge is 0.495 e. The van der Waals surface area contributed by atoms with Crippen LogP contribution in [-0.2, 0) is 16.1 Å². The average Bonchev–Trinajstić information content (AvgIpc) is 3.14. The second-order valence-electron chi connectivity index (χ2n) is 8.75. The number of rotatable bonds is 7. The van der Waals surface area contributed by atoms with Crippen LogP contribution in [0.3, 0.4) is 0 Å². The zero-order valence-electron chi connectivity index (χ0n) is 19.3. The van der Waals surface area contributed by atoms with E-state index in [0.29, 0.717) is 28.4 Å². The molecule has 0 radical (unpaired) electrons. The lowest BCUT2D eigenvalue weighted by Gasteiger charge is -2.35. The van der Waals surface area contributed by atoms with E-state index < -0.39 is 0 Å². The van der Waals surface area contributed by atoms with E-state index in [1.165, 1.54) is 11.8 Å². The molecule has 0 aliphatic carbocycles.